The van der Waals surface area contributed by atoms with Gasteiger partial charge in [0.05, 0.1) is 43.5 Å². The van der Waals surface area contributed by atoms with Crippen LogP contribution in [0.5, 0.6) is 28.7 Å². The third-order valence-corrected chi connectivity index (χ3v) is 32.3. The molecule has 0 aliphatic carbocycles. The Balaban J connectivity index is 1.55. The molecule has 0 N–H and O–H groups in total. The lowest BCUT2D eigenvalue weighted by Gasteiger charge is -2.42. The summed E-state index contributed by atoms with van der Waals surface area (Å²) in [5.41, 5.74) is 9.45. The second kappa shape index (κ2) is 37.7. The Bertz CT molecular complexity index is 2940. The highest BCUT2D eigenvalue weighted by Crippen LogP contribution is 2.45. The number of hydrogen-bond acceptors (Lipinski definition) is 11. The zero-order valence-electron chi connectivity index (χ0n) is 61.0. The molecule has 0 radical (unpaired) electrons. The first-order chi connectivity index (χ1) is 44.6. The quantitative estimate of drug-likeness (QED) is 0.0211. The first-order valence-electron chi connectivity index (χ1n) is 36.3. The fourth-order valence-corrected chi connectivity index (χ4v) is 25.1. The minimum atomic E-state index is -2.24. The molecule has 1 aliphatic rings. The Labute approximate surface area is 566 Å². The maximum Gasteiger partial charge on any atom is 0.270 e. The van der Waals surface area contributed by atoms with Crippen LogP contribution in [0.15, 0.2) is 103 Å². The molecule has 1 aliphatic heterocycles. The summed E-state index contributed by atoms with van der Waals surface area (Å²) in [5.74, 6) is 5.30. The number of ether oxygens (including phenoxy) is 5. The summed E-state index contributed by atoms with van der Waals surface area (Å²) in [4.78, 5) is 17.2. The molecule has 93 heavy (non-hydrogen) atoms. The van der Waals surface area contributed by atoms with Crippen molar-refractivity contribution in [3.05, 3.63) is 141 Å². The predicted octanol–water partition coefficient (Wildman–Crippen LogP) is 22.9. The van der Waals surface area contributed by atoms with E-state index in [1.165, 1.54) is 6.42 Å². The van der Waals surface area contributed by atoms with E-state index in [-0.39, 0.29) is 10.6 Å². The number of benzene rings is 5. The normalized spacial score (nSPS) is 14.2. The molecule has 12 nitrogen and oxygen atoms in total. The van der Waals surface area contributed by atoms with Gasteiger partial charge in [-0.15, -0.1) is 0 Å². The summed E-state index contributed by atoms with van der Waals surface area (Å²) in [6.45, 7) is 46.1. The monoisotopic (exact) mass is 1310 g/mol. The van der Waals surface area contributed by atoms with Gasteiger partial charge >= 0.3 is 0 Å². The molecule has 1 heterocycles. The van der Waals surface area contributed by atoms with Crippen molar-refractivity contribution >= 4 is 33.7 Å². The number of hydrogen-bond donors (Lipinski definition) is 0. The van der Waals surface area contributed by atoms with Crippen molar-refractivity contribution in [1.82, 2.24) is 0 Å². The summed E-state index contributed by atoms with van der Waals surface area (Å²) in [6, 6.07) is 35.8. The molecular formula is C79H123N3O9Si2. The molecule has 5 aromatic rings. The lowest BCUT2D eigenvalue weighted by atomic mass is 10.0. The van der Waals surface area contributed by atoms with Crippen molar-refractivity contribution in [2.24, 2.45) is 17.8 Å². The molecule has 0 aromatic heterocycles. The third kappa shape index (κ3) is 21.0. The smallest absolute Gasteiger partial charge is 0.270 e. The molecule has 6 rings (SSSR count). The van der Waals surface area contributed by atoms with E-state index in [1.54, 1.807) is 18.2 Å². The van der Waals surface area contributed by atoms with Crippen LogP contribution in [0, 0.1) is 27.9 Å². The number of nitrogens with zero attached hydrogens (tertiary/aromatic N) is 3. The van der Waals surface area contributed by atoms with Crippen LogP contribution in [-0.4, -0.2) is 54.6 Å². The first kappa shape index (κ1) is 76.5. The Morgan fingerprint density at radius 3 is 1.18 bits per heavy atom. The molecule has 0 spiro atoms. The van der Waals surface area contributed by atoms with Gasteiger partial charge in [0.15, 0.2) is 6.29 Å². The van der Waals surface area contributed by atoms with Gasteiger partial charge in [0, 0.05) is 60.8 Å². The second-order valence-electron chi connectivity index (χ2n) is 28.7. The summed E-state index contributed by atoms with van der Waals surface area (Å²) >= 11 is 0. The van der Waals surface area contributed by atoms with E-state index in [0.29, 0.717) is 116 Å². The van der Waals surface area contributed by atoms with Gasteiger partial charge < -0.3 is 42.3 Å². The van der Waals surface area contributed by atoms with Gasteiger partial charge in [-0.05, 0) is 148 Å². The maximum atomic E-state index is 12.7. The second-order valence-corrected chi connectivity index (χ2v) is 39.4. The topological polar surface area (TPSA) is 114 Å². The van der Waals surface area contributed by atoms with Crippen LogP contribution in [-0.2, 0) is 35.7 Å². The van der Waals surface area contributed by atoms with Gasteiger partial charge in [0.25, 0.3) is 22.3 Å². The maximum absolute atomic E-state index is 12.7. The lowest BCUT2D eigenvalue weighted by molar-refractivity contribution is -0.384. The molecule has 14 heteroatoms. The molecule has 1 fully saturated rings. The highest BCUT2D eigenvalue weighted by atomic mass is 28.4. The van der Waals surface area contributed by atoms with Gasteiger partial charge in [-0.1, -0.05) is 207 Å². The lowest BCUT2D eigenvalue weighted by Crippen LogP contribution is -2.50. The van der Waals surface area contributed by atoms with Crippen LogP contribution < -0.4 is 32.9 Å². The third-order valence-electron chi connectivity index (χ3n) is 20.3. The largest absolute Gasteiger partial charge is 0.543 e. The fourth-order valence-electron chi connectivity index (χ4n) is 14.6. The van der Waals surface area contributed by atoms with Gasteiger partial charge in [-0.25, -0.2) is 0 Å². The number of unbranched alkanes of at least 4 members (excludes halogenated alkanes) is 3. The van der Waals surface area contributed by atoms with Gasteiger partial charge in [0.2, 0.25) is 0 Å². The van der Waals surface area contributed by atoms with Crippen LogP contribution in [0.3, 0.4) is 0 Å². The zero-order chi connectivity index (χ0) is 67.8. The molecule has 5 aromatic carbocycles. The first-order valence-corrected chi connectivity index (χ1v) is 40.6. The Morgan fingerprint density at radius 1 is 0.462 bits per heavy atom. The zero-order valence-corrected chi connectivity index (χ0v) is 63.0. The van der Waals surface area contributed by atoms with Gasteiger partial charge in [0.1, 0.15) is 28.7 Å². The molecule has 1 saturated heterocycles. The van der Waals surface area contributed by atoms with Crippen LogP contribution in [0.2, 0.25) is 33.2 Å². The van der Waals surface area contributed by atoms with Crippen LogP contribution in [0.1, 0.15) is 236 Å². The molecule has 0 saturated carbocycles. The highest BCUT2D eigenvalue weighted by Gasteiger charge is 2.48. The van der Waals surface area contributed by atoms with Crippen molar-refractivity contribution in [3.8, 4) is 28.7 Å². The number of rotatable bonds is 43. The number of non-ortho nitro benzene ring substituents is 1. The Hall–Kier alpha value is -5.55. The fraction of sp³-hybridized carbons (Fsp3) is 0.620. The van der Waals surface area contributed by atoms with E-state index in [1.807, 2.05) is 0 Å². The van der Waals surface area contributed by atoms with Crippen LogP contribution in [0.25, 0.3) is 0 Å². The standard InChI is InChI=1S/C79H123N3O9Si2/c1-19-25-28-63(22-4)54-87-76-42-35-70(80(50-66-31-38-73(39-32-66)90-92(57(7)8,58(9)10)59(11)12)53-69-48-72(82(83)84)37-43-77(69)88-55-64(23-5)29-26-20-2)47-68(76)52-81(51-67-33-40-74(41-34-67)91-93(60(13)14,61(15)16)62(17)18)71-36-44-78(75(49-71)79-85-45-46-86-79)89-56-65(24-6)30-27-21-3/h31-44,47-49,57-65,79H,19-30,45-46,50-56H2,1-18H3. The van der Waals surface area contributed by atoms with Crippen LogP contribution >= 0.6 is 0 Å². The highest BCUT2D eigenvalue weighted by molar-refractivity contribution is 6.78. The van der Waals surface area contributed by atoms with E-state index in [4.69, 9.17) is 32.5 Å². The molecule has 3 atom stereocenters. The minimum Gasteiger partial charge on any atom is -0.543 e. The minimum absolute atomic E-state index is 0.0326. The van der Waals surface area contributed by atoms with E-state index in [9.17, 15) is 10.1 Å². The molecular weight excluding hydrogens is 1190 g/mol. The molecule has 0 bridgehead atoms. The molecule has 0 amide bonds. The van der Waals surface area contributed by atoms with E-state index >= 15 is 0 Å². The molecule has 3 unspecified atom stereocenters. The Morgan fingerprint density at radius 2 is 0.817 bits per heavy atom. The summed E-state index contributed by atoms with van der Waals surface area (Å²) < 4.78 is 47.8. The number of nitro benzene ring substituents is 1. The van der Waals surface area contributed by atoms with E-state index < -0.39 is 22.9 Å². The van der Waals surface area contributed by atoms with E-state index in [0.717, 1.165) is 133 Å². The van der Waals surface area contributed by atoms with Gasteiger partial charge in [-0.3, -0.25) is 10.1 Å². The van der Waals surface area contributed by atoms with Crippen molar-refractivity contribution in [2.45, 2.75) is 267 Å². The van der Waals surface area contributed by atoms with Crippen molar-refractivity contribution in [1.29, 1.82) is 0 Å². The predicted molar refractivity (Wildman–Crippen MR) is 393 cm³/mol. The van der Waals surface area contributed by atoms with Crippen molar-refractivity contribution < 1.29 is 37.5 Å². The number of nitro groups is 1. The summed E-state index contributed by atoms with van der Waals surface area (Å²) in [6.07, 6.45) is 12.6. The SMILES string of the molecule is CCCCC(CC)COc1ccc(N(Cc2ccc(O[Si](C(C)C)(C(C)C)C(C)C)cc2)Cc2cc([N+](=O)[O-])ccc2OCC(CC)CCCC)cc1CN(Cc1ccc(O[Si](C(C)C)(C(C)C)C(C)C)cc1)c1ccc(OCC(CC)CCCC)c(C2OCCO2)c1. The number of anilines is 2. The molecule has 516 valence electrons. The van der Waals surface area contributed by atoms with Crippen molar-refractivity contribution in [2.75, 3.05) is 42.8 Å². The van der Waals surface area contributed by atoms with Crippen LogP contribution in [0.4, 0.5) is 17.1 Å². The van der Waals surface area contributed by atoms with Gasteiger partial charge in [-0.2, -0.15) is 0 Å². The van der Waals surface area contributed by atoms with Crippen molar-refractivity contribution in [3.63, 3.8) is 0 Å². The summed E-state index contributed by atoms with van der Waals surface area (Å²) in [7, 11) is -4.46. The Kier molecular flexibility index (Phi) is 31.0. The average molecular weight is 1320 g/mol. The van der Waals surface area contributed by atoms with E-state index in [2.05, 4.69) is 219 Å². The summed E-state index contributed by atoms with van der Waals surface area (Å²) in [5, 5.41) is 12.7. The average Bonchev–Trinajstić information content (AvgIpc) is 1.96.